The van der Waals surface area contributed by atoms with Crippen molar-refractivity contribution in [3.8, 4) is 5.75 Å². The molecule has 1 heterocycles. The van der Waals surface area contributed by atoms with E-state index in [1.165, 1.54) is 12.1 Å². The van der Waals surface area contributed by atoms with Crippen molar-refractivity contribution >= 4 is 42.9 Å². The van der Waals surface area contributed by atoms with Crippen molar-refractivity contribution in [3.63, 3.8) is 0 Å². The Morgan fingerprint density at radius 2 is 2.00 bits per heavy atom. The first-order valence-corrected chi connectivity index (χ1v) is 8.63. The maximum atomic E-state index is 11.3. The van der Waals surface area contributed by atoms with Gasteiger partial charge in [0, 0.05) is 17.3 Å². The van der Waals surface area contributed by atoms with Gasteiger partial charge >= 0.3 is 0 Å². The second-order valence-electron chi connectivity index (χ2n) is 4.08. The maximum absolute atomic E-state index is 11.3. The van der Waals surface area contributed by atoms with Crippen molar-refractivity contribution in [2.24, 2.45) is 0 Å². The lowest BCUT2D eigenvalue weighted by atomic mass is 10.2. The monoisotopic (exact) mass is 344 g/mol. The molecule has 1 atom stereocenters. The van der Waals surface area contributed by atoms with Crippen molar-refractivity contribution in [2.75, 3.05) is 13.2 Å². The van der Waals surface area contributed by atoms with E-state index in [0.29, 0.717) is 12.4 Å². The van der Waals surface area contributed by atoms with Gasteiger partial charge in [0.2, 0.25) is 0 Å². The Balaban J connectivity index is 2.26. The highest BCUT2D eigenvalue weighted by molar-refractivity contribution is 8.13. The van der Waals surface area contributed by atoms with Gasteiger partial charge in [-0.15, -0.1) is 0 Å². The van der Waals surface area contributed by atoms with Crippen molar-refractivity contribution < 1.29 is 17.9 Å². The van der Waals surface area contributed by atoms with E-state index in [9.17, 15) is 8.42 Å². The van der Waals surface area contributed by atoms with Crippen molar-refractivity contribution in [3.05, 3.63) is 22.2 Å². The van der Waals surface area contributed by atoms with Crippen LogP contribution in [0.4, 0.5) is 0 Å². The lowest BCUT2D eigenvalue weighted by Gasteiger charge is -2.24. The third-order valence-corrected chi connectivity index (χ3v) is 5.03. The van der Waals surface area contributed by atoms with Crippen molar-refractivity contribution in [2.45, 2.75) is 23.8 Å². The van der Waals surface area contributed by atoms with E-state index in [1.54, 1.807) is 0 Å². The minimum atomic E-state index is -3.93. The maximum Gasteiger partial charge on any atom is 0.262 e. The van der Waals surface area contributed by atoms with Gasteiger partial charge in [0.1, 0.15) is 21.8 Å². The first kappa shape index (κ1) is 15.2. The molecule has 19 heavy (non-hydrogen) atoms. The minimum absolute atomic E-state index is 0.0361. The summed E-state index contributed by atoms with van der Waals surface area (Å²) in [5.41, 5.74) is 0. The van der Waals surface area contributed by atoms with Crippen LogP contribution in [0.5, 0.6) is 5.75 Å². The SMILES string of the molecule is O=S(=O)(Cl)c1ccc(OC2CCCOC2)c(Cl)c1Cl. The number of rotatable bonds is 3. The molecule has 0 amide bonds. The summed E-state index contributed by atoms with van der Waals surface area (Å²) in [6, 6.07) is 2.72. The van der Waals surface area contributed by atoms with E-state index in [4.69, 9.17) is 43.4 Å². The highest BCUT2D eigenvalue weighted by Crippen LogP contribution is 2.38. The third kappa shape index (κ3) is 3.67. The van der Waals surface area contributed by atoms with E-state index in [-0.39, 0.29) is 21.0 Å². The lowest BCUT2D eigenvalue weighted by molar-refractivity contribution is 0.00746. The van der Waals surface area contributed by atoms with Crippen LogP contribution < -0.4 is 4.74 Å². The molecule has 1 fully saturated rings. The molecule has 0 N–H and O–H groups in total. The first-order chi connectivity index (χ1) is 8.89. The van der Waals surface area contributed by atoms with Crippen LogP contribution in [0.25, 0.3) is 0 Å². The molecule has 1 aromatic rings. The molecular formula is C11H11Cl3O4S. The van der Waals surface area contributed by atoms with Crippen LogP contribution in [0, 0.1) is 0 Å². The summed E-state index contributed by atoms with van der Waals surface area (Å²) in [6.07, 6.45) is 1.65. The summed E-state index contributed by atoms with van der Waals surface area (Å²) in [4.78, 5) is -0.229. The van der Waals surface area contributed by atoms with Crippen LogP contribution in [-0.4, -0.2) is 27.7 Å². The molecule has 0 aromatic heterocycles. The Morgan fingerprint density at radius 3 is 2.58 bits per heavy atom. The van der Waals surface area contributed by atoms with E-state index >= 15 is 0 Å². The Morgan fingerprint density at radius 1 is 1.26 bits per heavy atom. The molecule has 8 heteroatoms. The lowest BCUT2D eigenvalue weighted by Crippen LogP contribution is -2.28. The largest absolute Gasteiger partial charge is 0.486 e. The Hall–Kier alpha value is -0.200. The molecule has 1 aromatic carbocycles. The molecule has 1 unspecified atom stereocenters. The highest BCUT2D eigenvalue weighted by atomic mass is 35.7. The van der Waals surface area contributed by atoms with E-state index in [1.807, 2.05) is 0 Å². The summed E-state index contributed by atoms with van der Waals surface area (Å²) in [6.45, 7) is 1.20. The second kappa shape index (κ2) is 6.06. The van der Waals surface area contributed by atoms with E-state index < -0.39 is 9.05 Å². The molecule has 0 aliphatic carbocycles. The molecule has 1 aliphatic heterocycles. The van der Waals surface area contributed by atoms with Crippen LogP contribution in [0.1, 0.15) is 12.8 Å². The number of halogens is 3. The molecule has 4 nitrogen and oxygen atoms in total. The zero-order valence-electron chi connectivity index (χ0n) is 9.74. The molecular weight excluding hydrogens is 335 g/mol. The van der Waals surface area contributed by atoms with Crippen LogP contribution in [0.3, 0.4) is 0 Å². The molecule has 106 valence electrons. The van der Waals surface area contributed by atoms with Crippen LogP contribution in [0.2, 0.25) is 10.0 Å². The number of benzene rings is 1. The fourth-order valence-electron chi connectivity index (χ4n) is 1.78. The molecule has 2 rings (SSSR count). The minimum Gasteiger partial charge on any atom is -0.486 e. The molecule has 0 spiro atoms. The summed E-state index contributed by atoms with van der Waals surface area (Å²) in [7, 11) is 1.32. The molecule has 1 saturated heterocycles. The predicted molar refractivity (Wildman–Crippen MR) is 74.0 cm³/mol. The summed E-state index contributed by atoms with van der Waals surface area (Å²) in [5.74, 6) is 0.325. The first-order valence-electron chi connectivity index (χ1n) is 5.56. The normalized spacial score (nSPS) is 20.3. The van der Waals surface area contributed by atoms with Gasteiger partial charge in [0.15, 0.2) is 0 Å². The Labute approximate surface area is 126 Å². The Bertz CT molecular complexity index is 568. The van der Waals surface area contributed by atoms with E-state index in [0.717, 1.165) is 19.4 Å². The molecule has 0 bridgehead atoms. The van der Waals surface area contributed by atoms with Gasteiger partial charge in [-0.3, -0.25) is 0 Å². The fraction of sp³-hybridized carbons (Fsp3) is 0.455. The van der Waals surface area contributed by atoms with Gasteiger partial charge in [-0.05, 0) is 25.0 Å². The molecule has 0 radical (unpaired) electrons. The van der Waals surface area contributed by atoms with Gasteiger partial charge in [0.05, 0.1) is 11.6 Å². The fourth-order valence-corrected chi connectivity index (χ4v) is 3.55. The Kier molecular flexibility index (Phi) is 4.84. The zero-order valence-corrected chi connectivity index (χ0v) is 12.8. The highest BCUT2D eigenvalue weighted by Gasteiger charge is 2.22. The molecule has 0 saturated carbocycles. The zero-order chi connectivity index (χ0) is 14.0. The molecule has 1 aliphatic rings. The van der Waals surface area contributed by atoms with Gasteiger partial charge in [-0.25, -0.2) is 8.42 Å². The van der Waals surface area contributed by atoms with Crippen LogP contribution in [0.15, 0.2) is 17.0 Å². The average Bonchev–Trinajstić information content (AvgIpc) is 2.35. The van der Waals surface area contributed by atoms with Gasteiger partial charge in [-0.1, -0.05) is 23.2 Å². The summed E-state index contributed by atoms with van der Waals surface area (Å²) < 4.78 is 33.5. The predicted octanol–water partition coefficient (Wildman–Crippen LogP) is 3.48. The van der Waals surface area contributed by atoms with Crippen LogP contribution in [-0.2, 0) is 13.8 Å². The standard InChI is InChI=1S/C11H11Cl3O4S/c12-10-8(18-7-2-1-5-17-6-7)3-4-9(11(10)13)19(14,15)16/h3-4,7H,1-2,5-6H2. The van der Waals surface area contributed by atoms with Gasteiger partial charge in [-0.2, -0.15) is 0 Å². The summed E-state index contributed by atoms with van der Waals surface area (Å²) >= 11 is 11.9. The van der Waals surface area contributed by atoms with Gasteiger partial charge in [0.25, 0.3) is 9.05 Å². The quantitative estimate of drug-likeness (QED) is 0.787. The van der Waals surface area contributed by atoms with Crippen molar-refractivity contribution in [1.82, 2.24) is 0 Å². The topological polar surface area (TPSA) is 52.6 Å². The number of hydrogen-bond acceptors (Lipinski definition) is 4. The summed E-state index contributed by atoms with van der Waals surface area (Å²) in [5, 5.41) is -0.0974. The van der Waals surface area contributed by atoms with Gasteiger partial charge < -0.3 is 9.47 Å². The number of ether oxygens (including phenoxy) is 2. The third-order valence-electron chi connectivity index (χ3n) is 2.69. The second-order valence-corrected chi connectivity index (χ2v) is 7.37. The number of hydrogen-bond donors (Lipinski definition) is 0. The van der Waals surface area contributed by atoms with E-state index in [2.05, 4.69) is 0 Å². The van der Waals surface area contributed by atoms with Crippen LogP contribution >= 0.6 is 33.9 Å². The average molecular weight is 346 g/mol. The smallest absolute Gasteiger partial charge is 0.262 e. The van der Waals surface area contributed by atoms with Crippen molar-refractivity contribution in [1.29, 1.82) is 0 Å².